The number of likely N-dealkylation sites (N-methyl/N-ethyl adjacent to an activating group) is 1. The summed E-state index contributed by atoms with van der Waals surface area (Å²) in [6.45, 7) is 7.03. The average Bonchev–Trinajstić information content (AvgIpc) is 2.51. The van der Waals surface area contributed by atoms with Crippen molar-refractivity contribution in [2.75, 3.05) is 26.7 Å². The van der Waals surface area contributed by atoms with Gasteiger partial charge in [-0.3, -0.25) is 4.90 Å². The topological polar surface area (TPSA) is 41.6 Å². The van der Waals surface area contributed by atoms with Crippen LogP contribution >= 0.6 is 0 Å². The molecule has 0 aliphatic rings. The highest BCUT2D eigenvalue weighted by atomic mass is 16.5. The van der Waals surface area contributed by atoms with Crippen molar-refractivity contribution in [2.24, 2.45) is 0 Å². The first-order valence-electron chi connectivity index (χ1n) is 6.99. The number of hydrogen-bond donors (Lipinski definition) is 1. The second-order valence-electron chi connectivity index (χ2n) is 4.41. The van der Waals surface area contributed by atoms with Gasteiger partial charge in [0, 0.05) is 18.8 Å². The van der Waals surface area contributed by atoms with E-state index in [1.54, 1.807) is 6.20 Å². The van der Waals surface area contributed by atoms with Gasteiger partial charge >= 0.3 is 5.97 Å². The van der Waals surface area contributed by atoms with E-state index in [0.29, 0.717) is 0 Å². The molecule has 0 aliphatic carbocycles. The van der Waals surface area contributed by atoms with Crippen molar-refractivity contribution >= 4 is 5.97 Å². The molecule has 4 nitrogen and oxygen atoms in total. The fourth-order valence-corrected chi connectivity index (χ4v) is 2.17. The largest absolute Gasteiger partial charge is 0.466 e. The van der Waals surface area contributed by atoms with E-state index in [0.717, 1.165) is 19.6 Å². The molecule has 1 aromatic rings. The molecule has 0 aliphatic heterocycles. The summed E-state index contributed by atoms with van der Waals surface area (Å²) >= 11 is 0. The van der Waals surface area contributed by atoms with Crippen LogP contribution in [0.1, 0.15) is 25.5 Å². The molecule has 1 aromatic carbocycles. The highest BCUT2D eigenvalue weighted by Crippen LogP contribution is 2.19. The molecule has 1 atom stereocenters. The van der Waals surface area contributed by atoms with Crippen molar-refractivity contribution < 1.29 is 9.53 Å². The zero-order chi connectivity index (χ0) is 14.8. The zero-order valence-electron chi connectivity index (χ0n) is 12.5. The van der Waals surface area contributed by atoms with Crippen LogP contribution in [-0.2, 0) is 9.53 Å². The predicted molar refractivity (Wildman–Crippen MR) is 81.3 cm³/mol. The van der Waals surface area contributed by atoms with E-state index in [9.17, 15) is 4.79 Å². The van der Waals surface area contributed by atoms with Gasteiger partial charge in [0.2, 0.25) is 0 Å². The lowest BCUT2D eigenvalue weighted by Gasteiger charge is -2.30. The smallest absolute Gasteiger partial charge is 0.331 e. The van der Waals surface area contributed by atoms with Crippen molar-refractivity contribution in [1.82, 2.24) is 10.2 Å². The number of carbonyl (C=O) groups is 1. The van der Waals surface area contributed by atoms with Crippen LogP contribution in [0.15, 0.2) is 42.6 Å². The number of carbonyl (C=O) groups excluding carboxylic acids is 1. The highest BCUT2D eigenvalue weighted by Gasteiger charge is 2.16. The minimum absolute atomic E-state index is 0.286. The minimum atomic E-state index is -0.350. The Morgan fingerprint density at radius 1 is 1.30 bits per heavy atom. The molecule has 1 N–H and O–H groups in total. The van der Waals surface area contributed by atoms with Crippen molar-refractivity contribution in [2.45, 2.75) is 19.9 Å². The Labute approximate surface area is 121 Å². The Morgan fingerprint density at radius 3 is 2.50 bits per heavy atom. The average molecular weight is 276 g/mol. The third-order valence-corrected chi connectivity index (χ3v) is 3.29. The van der Waals surface area contributed by atoms with Crippen molar-refractivity contribution in [3.05, 3.63) is 48.2 Å². The Kier molecular flexibility index (Phi) is 7.43. The van der Waals surface area contributed by atoms with Crippen LogP contribution in [0.5, 0.6) is 0 Å². The molecular weight excluding hydrogens is 252 g/mol. The van der Waals surface area contributed by atoms with Gasteiger partial charge < -0.3 is 10.1 Å². The van der Waals surface area contributed by atoms with Gasteiger partial charge in [-0.2, -0.15) is 0 Å². The molecule has 4 heteroatoms. The van der Waals surface area contributed by atoms with Crippen molar-refractivity contribution in [3.8, 4) is 0 Å². The molecule has 0 amide bonds. The summed E-state index contributed by atoms with van der Waals surface area (Å²) in [4.78, 5) is 13.4. The molecule has 0 saturated carbocycles. The van der Waals surface area contributed by atoms with E-state index in [1.165, 1.54) is 18.7 Å². The summed E-state index contributed by atoms with van der Waals surface area (Å²) < 4.78 is 4.56. The molecule has 0 saturated heterocycles. The van der Waals surface area contributed by atoms with Gasteiger partial charge in [-0.05, 0) is 18.7 Å². The van der Waals surface area contributed by atoms with Crippen LogP contribution in [0, 0.1) is 0 Å². The summed E-state index contributed by atoms with van der Waals surface area (Å²) in [6.07, 6.45) is 3.04. The number of benzene rings is 1. The van der Waals surface area contributed by atoms with E-state index in [1.807, 2.05) is 6.07 Å². The number of nitrogens with zero attached hydrogens (tertiary/aromatic N) is 1. The van der Waals surface area contributed by atoms with Crippen LogP contribution in [0.3, 0.4) is 0 Å². The summed E-state index contributed by atoms with van der Waals surface area (Å²) in [6, 6.07) is 10.7. The first-order valence-corrected chi connectivity index (χ1v) is 6.99. The molecule has 1 rings (SSSR count). The highest BCUT2D eigenvalue weighted by molar-refractivity contribution is 5.81. The van der Waals surface area contributed by atoms with Crippen LogP contribution in [-0.4, -0.2) is 37.6 Å². The maximum absolute atomic E-state index is 11.0. The standard InChI is InChI=1S/C16H24N2O2/c1-4-18(5-2)15(14-9-7-6-8-10-14)13-17-12-11-16(19)20-3/h6-12,15,17H,4-5,13H2,1-3H3/b12-11+. The van der Waals surface area contributed by atoms with E-state index < -0.39 is 0 Å². The third-order valence-electron chi connectivity index (χ3n) is 3.29. The van der Waals surface area contributed by atoms with Gasteiger partial charge in [0.25, 0.3) is 0 Å². The molecule has 20 heavy (non-hydrogen) atoms. The third kappa shape index (κ3) is 5.05. The lowest BCUT2D eigenvalue weighted by Crippen LogP contribution is -2.34. The Hall–Kier alpha value is -1.81. The second-order valence-corrected chi connectivity index (χ2v) is 4.41. The van der Waals surface area contributed by atoms with Gasteiger partial charge in [-0.15, -0.1) is 0 Å². The number of methoxy groups -OCH3 is 1. The summed E-state index contributed by atoms with van der Waals surface area (Å²) in [5.41, 5.74) is 1.27. The molecule has 110 valence electrons. The lowest BCUT2D eigenvalue weighted by molar-refractivity contribution is -0.134. The summed E-state index contributed by atoms with van der Waals surface area (Å²) in [5, 5.41) is 3.18. The Bertz CT molecular complexity index is 414. The fraction of sp³-hybridized carbons (Fsp3) is 0.438. The van der Waals surface area contributed by atoms with Gasteiger partial charge in [0.1, 0.15) is 0 Å². The number of ether oxygens (including phenoxy) is 1. The molecule has 0 spiro atoms. The monoisotopic (exact) mass is 276 g/mol. The van der Waals surface area contributed by atoms with E-state index >= 15 is 0 Å². The van der Waals surface area contributed by atoms with Crippen molar-refractivity contribution in [1.29, 1.82) is 0 Å². The van der Waals surface area contributed by atoms with Crippen LogP contribution in [0.25, 0.3) is 0 Å². The van der Waals surface area contributed by atoms with Crippen LogP contribution < -0.4 is 5.32 Å². The Morgan fingerprint density at radius 2 is 1.95 bits per heavy atom. The zero-order valence-corrected chi connectivity index (χ0v) is 12.5. The SMILES string of the molecule is CCN(CC)C(CN/C=C/C(=O)OC)c1ccccc1. The van der Waals surface area contributed by atoms with Crippen molar-refractivity contribution in [3.63, 3.8) is 0 Å². The number of esters is 1. The number of nitrogens with one attached hydrogen (secondary N) is 1. The normalized spacial score (nSPS) is 12.6. The first kappa shape index (κ1) is 16.2. The van der Waals surface area contributed by atoms with E-state index in [2.05, 4.69) is 53.1 Å². The van der Waals surface area contributed by atoms with Crippen LogP contribution in [0.2, 0.25) is 0 Å². The second kappa shape index (κ2) is 9.15. The lowest BCUT2D eigenvalue weighted by atomic mass is 10.1. The maximum Gasteiger partial charge on any atom is 0.331 e. The van der Waals surface area contributed by atoms with Gasteiger partial charge in [-0.25, -0.2) is 4.79 Å². The molecule has 1 unspecified atom stereocenters. The number of hydrogen-bond acceptors (Lipinski definition) is 4. The molecule has 0 bridgehead atoms. The Balaban J connectivity index is 2.69. The minimum Gasteiger partial charge on any atom is -0.466 e. The number of rotatable bonds is 8. The maximum atomic E-state index is 11.0. The van der Waals surface area contributed by atoms with Gasteiger partial charge in [0.15, 0.2) is 0 Å². The van der Waals surface area contributed by atoms with Crippen LogP contribution in [0.4, 0.5) is 0 Å². The molecular formula is C16H24N2O2. The first-order chi connectivity index (χ1) is 9.72. The fourth-order valence-electron chi connectivity index (χ4n) is 2.17. The van der Waals surface area contributed by atoms with E-state index in [4.69, 9.17) is 0 Å². The summed E-state index contributed by atoms with van der Waals surface area (Å²) in [5.74, 6) is -0.350. The molecule has 0 radical (unpaired) electrons. The molecule has 0 aromatic heterocycles. The molecule has 0 fully saturated rings. The predicted octanol–water partition coefficient (Wildman–Crippen LogP) is 2.35. The van der Waals surface area contributed by atoms with Gasteiger partial charge in [0.05, 0.1) is 13.2 Å². The quantitative estimate of drug-likeness (QED) is 0.584. The molecule has 0 heterocycles. The van der Waals surface area contributed by atoms with E-state index in [-0.39, 0.29) is 12.0 Å². The summed E-state index contributed by atoms with van der Waals surface area (Å²) in [7, 11) is 1.37. The van der Waals surface area contributed by atoms with Gasteiger partial charge in [-0.1, -0.05) is 44.2 Å².